The average molecular weight is 822 g/mol. The zero-order valence-electron chi connectivity index (χ0n) is 37.2. The molecule has 2 aromatic heterocycles. The number of rotatable bonds is 9. The fourth-order valence-corrected chi connectivity index (χ4v) is 10.3. The van der Waals surface area contributed by atoms with Gasteiger partial charge < -0.3 is 4.74 Å². The molecule has 1 saturated heterocycles. The maximum atomic E-state index is 7.05. The Morgan fingerprint density at radius 1 is 0.524 bits per heavy atom. The van der Waals surface area contributed by atoms with Gasteiger partial charge in [-0.1, -0.05) is 139 Å². The third kappa shape index (κ3) is 6.01. The van der Waals surface area contributed by atoms with Crippen LogP contribution in [-0.2, 0) is 5.41 Å². The molecule has 63 heavy (non-hydrogen) atoms. The van der Waals surface area contributed by atoms with E-state index in [9.17, 15) is 0 Å². The van der Waals surface area contributed by atoms with Crippen molar-refractivity contribution in [3.8, 4) is 39.6 Å². The van der Waals surface area contributed by atoms with Gasteiger partial charge in [-0.25, -0.2) is 4.98 Å². The third-order valence-electron chi connectivity index (χ3n) is 13.4. The van der Waals surface area contributed by atoms with Gasteiger partial charge in [-0.3, -0.25) is 4.57 Å². The maximum Gasteiger partial charge on any atom is 0.225 e. The number of benzene rings is 7. The van der Waals surface area contributed by atoms with Crippen LogP contribution in [-0.4, -0.2) is 9.55 Å². The second-order valence-electron chi connectivity index (χ2n) is 19.0. The van der Waals surface area contributed by atoms with Crippen LogP contribution in [0.3, 0.4) is 0 Å². The van der Waals surface area contributed by atoms with E-state index in [-0.39, 0.29) is 5.41 Å². The Kier molecular flexibility index (Phi) is 8.92. The van der Waals surface area contributed by atoms with Gasteiger partial charge in [-0.05, 0) is 92.6 Å². The van der Waals surface area contributed by atoms with Crippen molar-refractivity contribution in [2.45, 2.75) is 65.7 Å². The van der Waals surface area contributed by atoms with E-state index in [0.29, 0.717) is 21.0 Å². The lowest BCUT2D eigenvalue weighted by Crippen LogP contribution is -2.46. The molecule has 2 aliphatic heterocycles. The van der Waals surface area contributed by atoms with Crippen molar-refractivity contribution in [2.24, 2.45) is 0 Å². The number of nitrogens with zero attached hydrogens (tertiary/aromatic N) is 4. The number of quaternary nitrogens is 2. The van der Waals surface area contributed by atoms with Crippen molar-refractivity contribution in [3.05, 3.63) is 199 Å². The number of para-hydroxylation sites is 3. The largest absolute Gasteiger partial charge is 0.457 e. The zero-order chi connectivity index (χ0) is 43.3. The van der Waals surface area contributed by atoms with Crippen LogP contribution in [0.4, 0.5) is 22.7 Å². The first kappa shape index (κ1) is 39.1. The molecule has 1 fully saturated rings. The van der Waals surface area contributed by atoms with E-state index < -0.39 is 0 Å². The first-order valence-corrected chi connectivity index (χ1v) is 22.4. The summed E-state index contributed by atoms with van der Waals surface area (Å²) in [7, 11) is 0. The Balaban J connectivity index is 1.05. The monoisotopic (exact) mass is 821 g/mol. The summed E-state index contributed by atoms with van der Waals surface area (Å²) in [6.07, 6.45) is 1.93. The summed E-state index contributed by atoms with van der Waals surface area (Å²) >= 11 is 0. The van der Waals surface area contributed by atoms with Gasteiger partial charge in [-0.15, -0.1) is 0 Å². The molecule has 310 valence electrons. The lowest BCUT2D eigenvalue weighted by molar-refractivity contribution is 0.424. The number of ether oxygens (including phenoxy) is 1. The lowest BCUT2D eigenvalue weighted by Gasteiger charge is -2.40. The van der Waals surface area contributed by atoms with Gasteiger partial charge >= 0.3 is 0 Å². The van der Waals surface area contributed by atoms with E-state index in [1.165, 1.54) is 50.3 Å². The molecule has 0 N–H and O–H groups in total. The van der Waals surface area contributed by atoms with Gasteiger partial charge in [0.05, 0.1) is 11.0 Å². The second kappa shape index (κ2) is 14.4. The molecular weight excluding hydrogens is 769 g/mol. The van der Waals surface area contributed by atoms with Gasteiger partial charge in [0, 0.05) is 59.4 Å². The minimum atomic E-state index is -0.0142. The van der Waals surface area contributed by atoms with E-state index in [1.54, 1.807) is 0 Å². The summed E-state index contributed by atoms with van der Waals surface area (Å²) in [4.78, 5) is 4.92. The minimum absolute atomic E-state index is 0.0142. The summed E-state index contributed by atoms with van der Waals surface area (Å²) in [5.74, 6) is 3.27. The van der Waals surface area contributed by atoms with Gasteiger partial charge in [-0.2, -0.15) is 9.18 Å². The van der Waals surface area contributed by atoms with Crippen molar-refractivity contribution in [2.75, 3.05) is 0 Å². The fourth-order valence-electron chi connectivity index (χ4n) is 10.3. The van der Waals surface area contributed by atoms with Crippen LogP contribution in [0, 0.1) is 6.67 Å². The Labute approximate surface area is 371 Å². The number of hydrogen-bond donors (Lipinski definition) is 0. The highest BCUT2D eigenvalue weighted by Gasteiger charge is 2.78. The van der Waals surface area contributed by atoms with Crippen molar-refractivity contribution in [3.63, 3.8) is 0 Å². The molecule has 0 bridgehead atoms. The van der Waals surface area contributed by atoms with Crippen LogP contribution >= 0.6 is 0 Å². The standard InChI is InChI=1S/C58H53N4O/c1-38(2)48-22-16-23-49(39(3)4)57(48)41-19-15-20-44(31-41)61-37-62(61,55-26-14-13-25-54(55)61)45-32-42(40-17-9-8-10-18-40)33-47(35-45)63-46-27-28-51-50-21-11-12-24-52(50)60(53(51)36-46)56-34-43(29-30-59-56)58(5,6)7/h8-39H,1-7H3/q+1/t61-,62?/m0/s1. The highest BCUT2D eigenvalue weighted by Crippen LogP contribution is 2.75. The Morgan fingerprint density at radius 3 is 1.89 bits per heavy atom. The second-order valence-corrected chi connectivity index (χ2v) is 19.0. The molecule has 2 atom stereocenters. The number of aromatic nitrogens is 2. The first-order chi connectivity index (χ1) is 30.5. The van der Waals surface area contributed by atoms with Gasteiger partial charge in [0.1, 0.15) is 17.3 Å². The molecule has 0 saturated carbocycles. The molecule has 0 amide bonds. The molecule has 0 aliphatic carbocycles. The van der Waals surface area contributed by atoms with Crippen LogP contribution in [0.25, 0.3) is 49.9 Å². The normalized spacial score (nSPS) is 17.8. The summed E-state index contributed by atoms with van der Waals surface area (Å²) in [5.41, 5.74) is 16.0. The van der Waals surface area contributed by atoms with Crippen LogP contribution in [0.15, 0.2) is 176 Å². The molecule has 5 heteroatoms. The number of fused-ring (bicyclic) bond motifs is 7. The predicted molar refractivity (Wildman–Crippen MR) is 263 cm³/mol. The summed E-state index contributed by atoms with van der Waals surface area (Å²) in [5, 5.41) is 2.35. The Bertz CT molecular complexity index is 3220. The van der Waals surface area contributed by atoms with Crippen LogP contribution in [0.5, 0.6) is 11.5 Å². The van der Waals surface area contributed by atoms with Crippen molar-refractivity contribution < 1.29 is 4.74 Å². The average Bonchev–Trinajstić information content (AvgIpc) is 3.79. The van der Waals surface area contributed by atoms with E-state index in [0.717, 1.165) is 50.6 Å². The topological polar surface area (TPSA) is 27.1 Å². The summed E-state index contributed by atoms with van der Waals surface area (Å²) in [6, 6.07) is 62.0. The molecular formula is C58H53N4O+. The molecule has 4 heterocycles. The molecule has 5 nitrogen and oxygen atoms in total. The molecule has 0 radical (unpaired) electrons. The van der Waals surface area contributed by atoms with E-state index in [1.807, 2.05) is 6.20 Å². The zero-order valence-corrected chi connectivity index (χ0v) is 37.2. The van der Waals surface area contributed by atoms with Gasteiger partial charge in [0.25, 0.3) is 0 Å². The SMILES string of the molecule is CC(C)c1cccc(C(C)C)c1-c1cccc([N@+]23[CH-][N+]2(c2cc(Oc4ccc5c6ccccc6n(-c6cc(C(C)(C)C)ccn6)c5c4)cc(-c4ccccc4)c2)c2ccccc23)c1. The summed E-state index contributed by atoms with van der Waals surface area (Å²) in [6.45, 7) is 18.4. The van der Waals surface area contributed by atoms with E-state index >= 15 is 0 Å². The van der Waals surface area contributed by atoms with Crippen LogP contribution in [0.2, 0.25) is 0 Å². The first-order valence-electron chi connectivity index (χ1n) is 22.4. The molecule has 1 unspecified atom stereocenters. The van der Waals surface area contributed by atoms with E-state index in [4.69, 9.17) is 9.72 Å². The maximum absolute atomic E-state index is 7.05. The lowest BCUT2D eigenvalue weighted by atomic mass is 9.85. The van der Waals surface area contributed by atoms with Crippen molar-refractivity contribution >= 4 is 44.6 Å². The Morgan fingerprint density at radius 2 is 1.16 bits per heavy atom. The smallest absolute Gasteiger partial charge is 0.225 e. The predicted octanol–water partition coefficient (Wildman–Crippen LogP) is 16.2. The quantitative estimate of drug-likeness (QED) is 0.0824. The summed E-state index contributed by atoms with van der Waals surface area (Å²) < 4.78 is 10.5. The van der Waals surface area contributed by atoms with Gasteiger partial charge in [0.2, 0.25) is 11.4 Å². The highest BCUT2D eigenvalue weighted by molar-refractivity contribution is 6.09. The molecule has 0 spiro atoms. The highest BCUT2D eigenvalue weighted by atomic mass is 16.5. The number of hydrogen-bond acceptors (Lipinski definition) is 2. The molecule has 11 rings (SSSR count). The molecule has 2 aliphatic rings. The van der Waals surface area contributed by atoms with Crippen LogP contribution < -0.4 is 13.9 Å². The minimum Gasteiger partial charge on any atom is -0.457 e. The van der Waals surface area contributed by atoms with Crippen molar-refractivity contribution in [1.29, 1.82) is 0 Å². The fraction of sp³-hybridized carbons (Fsp3) is 0.172. The van der Waals surface area contributed by atoms with E-state index in [2.05, 4.69) is 230 Å². The molecule has 9 aromatic rings. The number of pyridine rings is 1. The molecule has 7 aromatic carbocycles. The van der Waals surface area contributed by atoms with Crippen molar-refractivity contribution in [1.82, 2.24) is 18.7 Å². The van der Waals surface area contributed by atoms with Crippen LogP contribution in [0.1, 0.15) is 77.0 Å². The Hall–Kier alpha value is -6.79. The van der Waals surface area contributed by atoms with Gasteiger partial charge in [0.15, 0.2) is 18.0 Å². The third-order valence-corrected chi connectivity index (χ3v) is 13.4.